The maximum absolute atomic E-state index is 12.0. The van der Waals surface area contributed by atoms with Crippen molar-refractivity contribution in [2.24, 2.45) is 11.7 Å². The minimum absolute atomic E-state index is 0. The molecule has 1 aliphatic heterocycles. The summed E-state index contributed by atoms with van der Waals surface area (Å²) in [5.41, 5.74) is 5.47. The molecule has 3 N–H and O–H groups in total. The minimum atomic E-state index is -0.316. The highest BCUT2D eigenvalue weighted by molar-refractivity contribution is 5.85. The van der Waals surface area contributed by atoms with E-state index in [-0.39, 0.29) is 30.0 Å². The molecule has 6 heteroatoms. The predicted octanol–water partition coefficient (Wildman–Crippen LogP) is 1.87. The van der Waals surface area contributed by atoms with Crippen LogP contribution in [0.4, 0.5) is 0 Å². The van der Waals surface area contributed by atoms with Crippen LogP contribution in [-0.4, -0.2) is 43.9 Å². The van der Waals surface area contributed by atoms with E-state index in [9.17, 15) is 4.79 Å². The lowest BCUT2D eigenvalue weighted by Gasteiger charge is -2.31. The van der Waals surface area contributed by atoms with Crippen molar-refractivity contribution in [1.82, 2.24) is 5.32 Å². The van der Waals surface area contributed by atoms with Crippen LogP contribution < -0.4 is 11.1 Å². The lowest BCUT2D eigenvalue weighted by molar-refractivity contribution is -0.125. The quantitative estimate of drug-likeness (QED) is 0.715. The van der Waals surface area contributed by atoms with Crippen molar-refractivity contribution < 1.29 is 14.3 Å². The van der Waals surface area contributed by atoms with Crippen LogP contribution in [0.2, 0.25) is 0 Å². The maximum Gasteiger partial charge on any atom is 0.222 e. The lowest BCUT2D eigenvalue weighted by Crippen LogP contribution is -2.52. The van der Waals surface area contributed by atoms with Gasteiger partial charge in [0, 0.05) is 31.7 Å². The van der Waals surface area contributed by atoms with Crippen molar-refractivity contribution in [3.8, 4) is 0 Å². The second-order valence-corrected chi connectivity index (χ2v) is 6.34. The van der Waals surface area contributed by atoms with E-state index in [4.69, 9.17) is 15.2 Å². The molecule has 1 heterocycles. The number of rotatable bonds is 8. The summed E-state index contributed by atoms with van der Waals surface area (Å²) < 4.78 is 11.0. The summed E-state index contributed by atoms with van der Waals surface area (Å²) >= 11 is 0. The summed E-state index contributed by atoms with van der Waals surface area (Å²) in [6, 6.07) is 0. The standard InChI is InChI=1S/C15H30N2O3.ClH/c1-12(2)10-15(3,11-16)17-14(18)6-9-20-13-4-7-19-8-5-13;/h12-13H,4-11,16H2,1-3H3,(H,17,18);1H. The van der Waals surface area contributed by atoms with Crippen molar-refractivity contribution in [2.45, 2.75) is 58.1 Å². The van der Waals surface area contributed by atoms with Crippen LogP contribution in [0.5, 0.6) is 0 Å². The second kappa shape index (κ2) is 10.4. The first-order valence-electron chi connectivity index (χ1n) is 7.65. The first-order valence-corrected chi connectivity index (χ1v) is 7.65. The number of hydrogen-bond acceptors (Lipinski definition) is 4. The first-order chi connectivity index (χ1) is 9.45. The molecule has 126 valence electrons. The fourth-order valence-electron chi connectivity index (χ4n) is 2.65. The number of nitrogens with one attached hydrogen (secondary N) is 1. The Morgan fingerprint density at radius 3 is 2.57 bits per heavy atom. The van der Waals surface area contributed by atoms with Gasteiger partial charge in [0.05, 0.1) is 12.7 Å². The number of amides is 1. The molecule has 1 unspecified atom stereocenters. The first kappa shape index (κ1) is 20.6. The molecule has 0 aliphatic carbocycles. The second-order valence-electron chi connectivity index (χ2n) is 6.34. The van der Waals surface area contributed by atoms with Crippen molar-refractivity contribution in [1.29, 1.82) is 0 Å². The molecule has 1 fully saturated rings. The largest absolute Gasteiger partial charge is 0.381 e. The van der Waals surface area contributed by atoms with Crippen molar-refractivity contribution in [2.75, 3.05) is 26.4 Å². The van der Waals surface area contributed by atoms with Gasteiger partial charge in [-0.25, -0.2) is 0 Å². The molecule has 1 amide bonds. The van der Waals surface area contributed by atoms with Gasteiger partial charge in [0.25, 0.3) is 0 Å². The average Bonchev–Trinajstić information content (AvgIpc) is 2.39. The summed E-state index contributed by atoms with van der Waals surface area (Å²) in [6.45, 7) is 8.72. The number of ether oxygens (including phenoxy) is 2. The Kier molecular flexibility index (Phi) is 10.2. The van der Waals surface area contributed by atoms with E-state index in [2.05, 4.69) is 19.2 Å². The van der Waals surface area contributed by atoms with Gasteiger partial charge in [0.15, 0.2) is 0 Å². The van der Waals surface area contributed by atoms with Gasteiger partial charge < -0.3 is 20.5 Å². The van der Waals surface area contributed by atoms with E-state index in [1.807, 2.05) is 6.92 Å². The zero-order chi connectivity index (χ0) is 15.0. The Labute approximate surface area is 134 Å². The molecule has 0 aromatic carbocycles. The van der Waals surface area contributed by atoms with Gasteiger partial charge in [-0.05, 0) is 32.1 Å². The third-order valence-corrected chi connectivity index (χ3v) is 3.60. The van der Waals surface area contributed by atoms with Gasteiger partial charge >= 0.3 is 0 Å². The van der Waals surface area contributed by atoms with Gasteiger partial charge in [-0.15, -0.1) is 12.4 Å². The number of halogens is 1. The van der Waals surface area contributed by atoms with E-state index < -0.39 is 0 Å². The molecule has 0 bridgehead atoms. The molecule has 21 heavy (non-hydrogen) atoms. The highest BCUT2D eigenvalue weighted by Crippen LogP contribution is 2.15. The van der Waals surface area contributed by atoms with E-state index in [0.29, 0.717) is 25.5 Å². The summed E-state index contributed by atoms with van der Waals surface area (Å²) in [6.07, 6.45) is 3.37. The monoisotopic (exact) mass is 322 g/mol. The van der Waals surface area contributed by atoms with Gasteiger partial charge in [0.1, 0.15) is 0 Å². The summed E-state index contributed by atoms with van der Waals surface area (Å²) in [7, 11) is 0. The maximum atomic E-state index is 12.0. The smallest absolute Gasteiger partial charge is 0.222 e. The summed E-state index contributed by atoms with van der Waals surface area (Å²) in [4.78, 5) is 12.0. The van der Waals surface area contributed by atoms with Crippen molar-refractivity contribution >= 4 is 18.3 Å². The third kappa shape index (κ3) is 8.61. The minimum Gasteiger partial charge on any atom is -0.381 e. The third-order valence-electron chi connectivity index (χ3n) is 3.60. The van der Waals surface area contributed by atoms with Crippen LogP contribution >= 0.6 is 12.4 Å². The lowest BCUT2D eigenvalue weighted by atomic mass is 9.90. The zero-order valence-electron chi connectivity index (χ0n) is 13.5. The predicted molar refractivity (Wildman–Crippen MR) is 86.7 cm³/mol. The van der Waals surface area contributed by atoms with E-state index >= 15 is 0 Å². The van der Waals surface area contributed by atoms with Crippen LogP contribution in [-0.2, 0) is 14.3 Å². The molecule has 0 radical (unpaired) electrons. The fourth-order valence-corrected chi connectivity index (χ4v) is 2.65. The molecule has 0 saturated carbocycles. The zero-order valence-corrected chi connectivity index (χ0v) is 14.3. The fraction of sp³-hybridized carbons (Fsp3) is 0.933. The summed E-state index contributed by atoms with van der Waals surface area (Å²) in [5, 5.41) is 3.04. The Hall–Kier alpha value is -0.360. The molecule has 0 aromatic rings. The van der Waals surface area contributed by atoms with Crippen LogP contribution in [0, 0.1) is 5.92 Å². The SMILES string of the molecule is CC(C)CC(C)(CN)NC(=O)CCOC1CCOCC1.Cl. The Balaban J connectivity index is 0.00000400. The molecule has 1 atom stereocenters. The number of carbonyl (C=O) groups is 1. The van der Waals surface area contributed by atoms with E-state index in [1.165, 1.54) is 0 Å². The topological polar surface area (TPSA) is 73.6 Å². The molecule has 0 spiro atoms. The van der Waals surface area contributed by atoms with Crippen LogP contribution in [0.3, 0.4) is 0 Å². The molecular weight excluding hydrogens is 292 g/mol. The van der Waals surface area contributed by atoms with Crippen LogP contribution in [0.25, 0.3) is 0 Å². The molecule has 1 aliphatic rings. The van der Waals surface area contributed by atoms with Gasteiger partial charge in [-0.1, -0.05) is 13.8 Å². The number of carbonyl (C=O) groups excluding carboxylic acids is 1. The molecule has 1 rings (SSSR count). The van der Waals surface area contributed by atoms with Crippen LogP contribution in [0.15, 0.2) is 0 Å². The van der Waals surface area contributed by atoms with E-state index in [0.717, 1.165) is 32.5 Å². The highest BCUT2D eigenvalue weighted by Gasteiger charge is 2.25. The van der Waals surface area contributed by atoms with E-state index in [1.54, 1.807) is 0 Å². The molecule has 5 nitrogen and oxygen atoms in total. The Morgan fingerprint density at radius 1 is 1.43 bits per heavy atom. The number of hydrogen-bond donors (Lipinski definition) is 2. The molecule has 0 aromatic heterocycles. The van der Waals surface area contributed by atoms with Gasteiger partial charge in [0.2, 0.25) is 5.91 Å². The van der Waals surface area contributed by atoms with Crippen molar-refractivity contribution in [3.63, 3.8) is 0 Å². The van der Waals surface area contributed by atoms with Gasteiger partial charge in [-0.3, -0.25) is 4.79 Å². The Morgan fingerprint density at radius 2 is 2.05 bits per heavy atom. The average molecular weight is 323 g/mol. The number of nitrogens with two attached hydrogens (primary N) is 1. The van der Waals surface area contributed by atoms with Crippen molar-refractivity contribution in [3.05, 3.63) is 0 Å². The Bertz CT molecular complexity index is 297. The normalized spacial score (nSPS) is 18.9. The summed E-state index contributed by atoms with van der Waals surface area (Å²) in [5.74, 6) is 0.521. The molecule has 1 saturated heterocycles. The van der Waals surface area contributed by atoms with Crippen LogP contribution in [0.1, 0.15) is 46.5 Å². The van der Waals surface area contributed by atoms with Gasteiger partial charge in [-0.2, -0.15) is 0 Å². The highest BCUT2D eigenvalue weighted by atomic mass is 35.5. The molecular formula is C15H31ClN2O3.